The first-order chi connectivity index (χ1) is 12.4. The van der Waals surface area contributed by atoms with Crippen LogP contribution in [0.5, 0.6) is 11.5 Å². The van der Waals surface area contributed by atoms with Crippen LogP contribution in [0.4, 0.5) is 0 Å². The lowest BCUT2D eigenvalue weighted by Crippen LogP contribution is -2.36. The van der Waals surface area contributed by atoms with Crippen molar-refractivity contribution in [3.63, 3.8) is 0 Å². The summed E-state index contributed by atoms with van der Waals surface area (Å²) in [5, 5.41) is 10.1. The number of carbonyl (C=O) groups excluding carboxylic acids is 2. The molecule has 0 spiro atoms. The molecule has 1 aliphatic heterocycles. The second-order valence-electron chi connectivity index (χ2n) is 6.42. The number of aliphatic imine (C=N–C) groups is 1. The number of esters is 1. The second-order valence-corrected chi connectivity index (χ2v) is 6.83. The van der Waals surface area contributed by atoms with E-state index >= 15 is 0 Å². The van der Waals surface area contributed by atoms with Gasteiger partial charge in [0.25, 0.3) is 0 Å². The van der Waals surface area contributed by atoms with Crippen LogP contribution in [0.3, 0.4) is 0 Å². The highest BCUT2D eigenvalue weighted by Gasteiger charge is 2.43. The van der Waals surface area contributed by atoms with E-state index in [4.69, 9.17) is 21.1 Å². The van der Waals surface area contributed by atoms with Gasteiger partial charge in [-0.2, -0.15) is 0 Å². The first-order valence-corrected chi connectivity index (χ1v) is 8.72. The zero-order valence-electron chi connectivity index (χ0n) is 14.8. The highest BCUT2D eigenvalue weighted by molar-refractivity contribution is 6.32. The van der Waals surface area contributed by atoms with E-state index in [1.807, 2.05) is 0 Å². The van der Waals surface area contributed by atoms with Gasteiger partial charge in [-0.15, -0.1) is 0 Å². The van der Waals surface area contributed by atoms with Crippen molar-refractivity contribution in [2.45, 2.75) is 32.1 Å². The lowest BCUT2D eigenvalue weighted by Gasteiger charge is -2.34. The number of Topliss-reactive ketones (excluding diaryl/α,β-unsaturated/α-hetero) is 1. The molecule has 1 unspecified atom stereocenters. The monoisotopic (exact) mass is 377 g/mol. The zero-order chi connectivity index (χ0) is 19.0. The Morgan fingerprint density at radius 1 is 1.31 bits per heavy atom. The summed E-state index contributed by atoms with van der Waals surface area (Å²) in [6, 6.07) is 3.16. The van der Waals surface area contributed by atoms with Crippen LogP contribution in [0, 0.1) is 5.92 Å². The van der Waals surface area contributed by atoms with E-state index < -0.39 is 17.8 Å². The van der Waals surface area contributed by atoms with Crippen LogP contribution in [-0.4, -0.2) is 36.8 Å². The summed E-state index contributed by atoms with van der Waals surface area (Å²) in [7, 11) is 2.72. The molecule has 138 valence electrons. The van der Waals surface area contributed by atoms with Gasteiger partial charge >= 0.3 is 5.97 Å². The van der Waals surface area contributed by atoms with Crippen molar-refractivity contribution in [3.8, 4) is 11.5 Å². The molecule has 1 aromatic carbocycles. The first kappa shape index (κ1) is 18.5. The lowest BCUT2D eigenvalue weighted by atomic mass is 9.71. The minimum absolute atomic E-state index is 0.0235. The molecule has 0 bridgehead atoms. The fourth-order valence-electron chi connectivity index (χ4n) is 3.73. The molecular weight excluding hydrogens is 358 g/mol. The molecule has 1 aromatic rings. The number of rotatable bonds is 3. The Balaban J connectivity index is 2.24. The number of benzene rings is 1. The van der Waals surface area contributed by atoms with Gasteiger partial charge < -0.3 is 14.6 Å². The Morgan fingerprint density at radius 3 is 2.69 bits per heavy atom. The fraction of sp³-hybridized carbons (Fsp3) is 0.421. The maximum atomic E-state index is 12.7. The first-order valence-electron chi connectivity index (χ1n) is 8.34. The molecule has 7 heteroatoms. The summed E-state index contributed by atoms with van der Waals surface area (Å²) in [5.74, 6) is -1.80. The molecule has 1 N–H and O–H groups in total. The third-order valence-corrected chi connectivity index (χ3v) is 5.21. The number of methoxy groups -OCH3 is 2. The third-order valence-electron chi connectivity index (χ3n) is 4.92. The minimum atomic E-state index is -0.730. The van der Waals surface area contributed by atoms with Gasteiger partial charge in [-0.25, -0.2) is 0 Å². The largest absolute Gasteiger partial charge is 0.503 e. The van der Waals surface area contributed by atoms with Gasteiger partial charge in [-0.3, -0.25) is 14.6 Å². The number of phenolic OH excluding ortho intramolecular Hbond substituents is 1. The number of nitrogens with zero attached hydrogens (tertiary/aromatic N) is 1. The fourth-order valence-corrected chi connectivity index (χ4v) is 3.95. The van der Waals surface area contributed by atoms with Crippen LogP contribution < -0.4 is 4.74 Å². The minimum Gasteiger partial charge on any atom is -0.503 e. The van der Waals surface area contributed by atoms with Crippen molar-refractivity contribution >= 4 is 29.1 Å². The number of ether oxygens (including phenoxy) is 2. The normalized spacial score (nSPS) is 22.6. The molecule has 0 saturated heterocycles. The molecule has 0 aromatic heterocycles. The standard InChI is InChI=1S/C19H20ClNO5/c1-9-15(19(24)26-3)16(17-12(21-9)5-4-6-13(17)22)10-7-11(20)18(23)14(8-10)25-2/h7-8,15-16,23H,4-6H2,1-3H3/t15?,16-/m0/s1. The predicted molar refractivity (Wildman–Crippen MR) is 96.9 cm³/mol. The number of phenols is 1. The van der Waals surface area contributed by atoms with E-state index in [1.165, 1.54) is 14.2 Å². The summed E-state index contributed by atoms with van der Waals surface area (Å²) in [4.78, 5) is 29.7. The van der Waals surface area contributed by atoms with Gasteiger partial charge in [0.2, 0.25) is 0 Å². The van der Waals surface area contributed by atoms with Crippen molar-refractivity contribution in [2.75, 3.05) is 14.2 Å². The smallest absolute Gasteiger partial charge is 0.315 e. The molecule has 2 aliphatic rings. The Labute approximate surface area is 156 Å². The molecule has 0 radical (unpaired) electrons. The number of allylic oxidation sites excluding steroid dienone is 2. The maximum absolute atomic E-state index is 12.7. The number of hydrogen-bond acceptors (Lipinski definition) is 6. The molecule has 6 nitrogen and oxygen atoms in total. The van der Waals surface area contributed by atoms with Gasteiger partial charge in [0, 0.05) is 29.3 Å². The molecule has 0 saturated carbocycles. The van der Waals surface area contributed by atoms with E-state index in [-0.39, 0.29) is 22.3 Å². The second kappa shape index (κ2) is 7.11. The highest BCUT2D eigenvalue weighted by atomic mass is 35.5. The van der Waals surface area contributed by atoms with Crippen molar-refractivity contribution in [3.05, 3.63) is 34.0 Å². The van der Waals surface area contributed by atoms with Gasteiger partial charge in [-0.05, 0) is 37.5 Å². The topological polar surface area (TPSA) is 85.2 Å². The van der Waals surface area contributed by atoms with E-state index in [0.29, 0.717) is 35.4 Å². The van der Waals surface area contributed by atoms with Crippen LogP contribution in [0.1, 0.15) is 37.7 Å². The van der Waals surface area contributed by atoms with E-state index in [9.17, 15) is 14.7 Å². The van der Waals surface area contributed by atoms with E-state index in [2.05, 4.69) is 4.99 Å². The van der Waals surface area contributed by atoms with Crippen LogP contribution in [0.2, 0.25) is 5.02 Å². The van der Waals surface area contributed by atoms with E-state index in [0.717, 1.165) is 6.42 Å². The van der Waals surface area contributed by atoms with Crippen molar-refractivity contribution < 1.29 is 24.2 Å². The molecule has 0 fully saturated rings. The number of hydrogen-bond donors (Lipinski definition) is 1. The number of carbonyl (C=O) groups is 2. The summed E-state index contributed by atoms with van der Waals surface area (Å²) in [5.41, 5.74) is 2.45. The number of ketones is 1. The third kappa shape index (κ3) is 2.98. The molecule has 1 aliphatic carbocycles. The van der Waals surface area contributed by atoms with Crippen LogP contribution in [-0.2, 0) is 14.3 Å². The highest BCUT2D eigenvalue weighted by Crippen LogP contribution is 2.46. The Morgan fingerprint density at radius 2 is 2.04 bits per heavy atom. The SMILES string of the molecule is COC(=O)C1C(C)=NC2=C(C(=O)CCC2)[C@H]1c1cc(Cl)c(O)c(OC)c1. The average molecular weight is 378 g/mol. The zero-order valence-corrected chi connectivity index (χ0v) is 15.6. The summed E-state index contributed by atoms with van der Waals surface area (Å²) in [6.45, 7) is 1.76. The van der Waals surface area contributed by atoms with Crippen molar-refractivity contribution in [1.29, 1.82) is 0 Å². The van der Waals surface area contributed by atoms with Gasteiger partial charge in [0.15, 0.2) is 17.3 Å². The van der Waals surface area contributed by atoms with Crippen LogP contribution in [0.15, 0.2) is 28.4 Å². The van der Waals surface area contributed by atoms with Crippen molar-refractivity contribution in [1.82, 2.24) is 0 Å². The molecule has 1 heterocycles. The van der Waals surface area contributed by atoms with Crippen LogP contribution in [0.25, 0.3) is 0 Å². The summed E-state index contributed by atoms with van der Waals surface area (Å²) >= 11 is 6.15. The number of aromatic hydroxyl groups is 1. The quantitative estimate of drug-likeness (QED) is 0.816. The number of halogens is 1. The lowest BCUT2D eigenvalue weighted by molar-refractivity contribution is -0.143. The molecule has 3 rings (SSSR count). The predicted octanol–water partition coefficient (Wildman–Crippen LogP) is 3.41. The Hall–Kier alpha value is -2.34. The average Bonchev–Trinajstić information content (AvgIpc) is 2.62. The maximum Gasteiger partial charge on any atom is 0.315 e. The molecule has 0 amide bonds. The molecular formula is C19H20ClNO5. The summed E-state index contributed by atoms with van der Waals surface area (Å²) < 4.78 is 10.2. The molecule has 26 heavy (non-hydrogen) atoms. The van der Waals surface area contributed by atoms with Gasteiger partial charge in [0.05, 0.1) is 19.2 Å². The Bertz CT molecular complexity index is 843. The Kier molecular flexibility index (Phi) is 5.05. The van der Waals surface area contributed by atoms with E-state index in [1.54, 1.807) is 19.1 Å². The van der Waals surface area contributed by atoms with Crippen LogP contribution >= 0.6 is 11.6 Å². The molecule has 2 atom stereocenters. The summed E-state index contributed by atoms with van der Waals surface area (Å²) in [6.07, 6.45) is 1.84. The van der Waals surface area contributed by atoms with Gasteiger partial charge in [-0.1, -0.05) is 11.6 Å². The van der Waals surface area contributed by atoms with Gasteiger partial charge in [0.1, 0.15) is 5.92 Å². The van der Waals surface area contributed by atoms with Crippen molar-refractivity contribution in [2.24, 2.45) is 10.9 Å².